The van der Waals surface area contributed by atoms with Crippen LogP contribution in [-0.2, 0) is 9.47 Å². The Labute approximate surface area is 150 Å². The molecule has 0 aromatic heterocycles. The average molecular weight is 431 g/mol. The smallest absolute Gasteiger partial charge is 0.191 e. The summed E-state index contributed by atoms with van der Waals surface area (Å²) in [4.78, 5) is 4.27. The first-order chi connectivity index (χ1) is 9.76. The molecule has 0 aromatic rings. The van der Waals surface area contributed by atoms with E-state index in [4.69, 9.17) is 9.47 Å². The van der Waals surface area contributed by atoms with Crippen LogP contribution in [0.1, 0.15) is 26.2 Å². The summed E-state index contributed by atoms with van der Waals surface area (Å²) < 4.78 is 11.1. The molecule has 21 heavy (non-hydrogen) atoms. The van der Waals surface area contributed by atoms with Crippen molar-refractivity contribution < 1.29 is 9.47 Å². The molecule has 0 bridgehead atoms. The maximum atomic E-state index is 5.46. The van der Waals surface area contributed by atoms with Gasteiger partial charge in [0.2, 0.25) is 0 Å². The van der Waals surface area contributed by atoms with E-state index >= 15 is 0 Å². The summed E-state index contributed by atoms with van der Waals surface area (Å²) in [6.07, 6.45) is 5.38. The van der Waals surface area contributed by atoms with Gasteiger partial charge < -0.3 is 20.1 Å². The van der Waals surface area contributed by atoms with Crippen LogP contribution in [-0.4, -0.2) is 63.5 Å². The highest BCUT2D eigenvalue weighted by Gasteiger charge is 2.31. The third-order valence-corrected chi connectivity index (χ3v) is 5.02. The van der Waals surface area contributed by atoms with Gasteiger partial charge in [-0.2, -0.15) is 11.8 Å². The summed E-state index contributed by atoms with van der Waals surface area (Å²) >= 11 is 1.94. The van der Waals surface area contributed by atoms with Gasteiger partial charge in [-0.25, -0.2) is 0 Å². The molecule has 2 N–H and O–H groups in total. The molecule has 1 aliphatic rings. The van der Waals surface area contributed by atoms with Crippen LogP contribution in [0.15, 0.2) is 4.99 Å². The average Bonchev–Trinajstić information content (AvgIpc) is 2.51. The van der Waals surface area contributed by atoms with E-state index in [1.54, 1.807) is 0 Å². The van der Waals surface area contributed by atoms with E-state index in [-0.39, 0.29) is 28.7 Å². The highest BCUT2D eigenvalue weighted by atomic mass is 127. The Morgan fingerprint density at radius 3 is 2.62 bits per heavy atom. The minimum absolute atomic E-state index is 0. The van der Waals surface area contributed by atoms with E-state index in [1.807, 2.05) is 25.7 Å². The van der Waals surface area contributed by atoms with Gasteiger partial charge in [0.15, 0.2) is 5.96 Å². The van der Waals surface area contributed by atoms with Gasteiger partial charge in [0.25, 0.3) is 0 Å². The van der Waals surface area contributed by atoms with Gasteiger partial charge in [-0.05, 0) is 32.4 Å². The Hall–Kier alpha value is 0.270. The molecule has 1 rings (SSSR count). The zero-order valence-electron chi connectivity index (χ0n) is 13.4. The van der Waals surface area contributed by atoms with E-state index in [1.165, 1.54) is 0 Å². The van der Waals surface area contributed by atoms with Gasteiger partial charge in [-0.15, -0.1) is 24.0 Å². The van der Waals surface area contributed by atoms with Crippen molar-refractivity contribution >= 4 is 41.7 Å². The number of aliphatic imine (C=N–C) groups is 1. The minimum atomic E-state index is 0. The fourth-order valence-electron chi connectivity index (χ4n) is 2.19. The molecule has 0 radical (unpaired) electrons. The predicted molar refractivity (Wildman–Crippen MR) is 102 cm³/mol. The van der Waals surface area contributed by atoms with E-state index in [9.17, 15) is 0 Å². The van der Waals surface area contributed by atoms with Crippen molar-refractivity contribution in [3.05, 3.63) is 0 Å². The van der Waals surface area contributed by atoms with Crippen LogP contribution in [0.5, 0.6) is 0 Å². The normalized spacial score (nSPS) is 18.0. The molecule has 0 spiro atoms. The summed E-state index contributed by atoms with van der Waals surface area (Å²) in [6.45, 7) is 7.14. The number of halogens is 1. The maximum Gasteiger partial charge on any atom is 0.191 e. The molecule has 0 saturated carbocycles. The maximum absolute atomic E-state index is 5.46. The number of thioether (sulfide) groups is 1. The van der Waals surface area contributed by atoms with Gasteiger partial charge in [0.1, 0.15) is 0 Å². The number of nitrogens with zero attached hydrogens (tertiary/aromatic N) is 1. The lowest BCUT2D eigenvalue weighted by atomic mass is 9.99. The van der Waals surface area contributed by atoms with E-state index in [0.717, 1.165) is 64.7 Å². The first-order valence-electron chi connectivity index (χ1n) is 7.41. The van der Waals surface area contributed by atoms with Crippen LogP contribution in [0.25, 0.3) is 0 Å². The zero-order valence-corrected chi connectivity index (χ0v) is 16.6. The predicted octanol–water partition coefficient (Wildman–Crippen LogP) is 2.11. The Bertz CT molecular complexity index is 287. The summed E-state index contributed by atoms with van der Waals surface area (Å²) in [5.74, 6) is 0.876. The standard InChI is InChI=1S/C14H29N3O2S.HI/c1-4-18-9-5-8-16-13(15-2)17-12-14(20-3)6-10-19-11-7-14;/h4-12H2,1-3H3,(H2,15,16,17);1H. The fraction of sp³-hybridized carbons (Fsp3) is 0.929. The summed E-state index contributed by atoms with van der Waals surface area (Å²) in [5.41, 5.74) is 0. The topological polar surface area (TPSA) is 54.9 Å². The van der Waals surface area contributed by atoms with Crippen LogP contribution < -0.4 is 10.6 Å². The van der Waals surface area contributed by atoms with E-state index in [0.29, 0.717) is 0 Å². The second kappa shape index (κ2) is 12.8. The van der Waals surface area contributed by atoms with Crippen molar-refractivity contribution in [2.75, 3.05) is 52.8 Å². The van der Waals surface area contributed by atoms with E-state index in [2.05, 4.69) is 21.9 Å². The molecular weight excluding hydrogens is 401 g/mol. The number of guanidine groups is 1. The third kappa shape index (κ3) is 8.47. The second-order valence-electron chi connectivity index (χ2n) is 4.90. The molecule has 126 valence electrons. The monoisotopic (exact) mass is 431 g/mol. The number of hydrogen-bond acceptors (Lipinski definition) is 4. The summed E-state index contributed by atoms with van der Waals surface area (Å²) in [6, 6.07) is 0. The molecular formula is C14H30IN3O2S. The Morgan fingerprint density at radius 2 is 2.05 bits per heavy atom. The Balaban J connectivity index is 0.00000400. The number of ether oxygens (including phenoxy) is 2. The van der Waals surface area contributed by atoms with Crippen molar-refractivity contribution in [1.82, 2.24) is 10.6 Å². The van der Waals surface area contributed by atoms with Gasteiger partial charge in [0, 0.05) is 51.3 Å². The number of nitrogens with one attached hydrogen (secondary N) is 2. The largest absolute Gasteiger partial charge is 0.382 e. The first kappa shape index (κ1) is 21.3. The molecule has 7 heteroatoms. The van der Waals surface area contributed by atoms with Crippen molar-refractivity contribution in [1.29, 1.82) is 0 Å². The quantitative estimate of drug-likeness (QED) is 0.267. The van der Waals surface area contributed by atoms with Crippen molar-refractivity contribution in [2.24, 2.45) is 4.99 Å². The lowest BCUT2D eigenvalue weighted by molar-refractivity contribution is 0.0783. The van der Waals surface area contributed by atoms with Gasteiger partial charge in [0.05, 0.1) is 0 Å². The van der Waals surface area contributed by atoms with Gasteiger partial charge >= 0.3 is 0 Å². The third-order valence-electron chi connectivity index (χ3n) is 3.60. The molecule has 0 atom stereocenters. The van der Waals surface area contributed by atoms with Gasteiger partial charge in [-0.1, -0.05) is 0 Å². The van der Waals surface area contributed by atoms with Gasteiger partial charge in [-0.3, -0.25) is 4.99 Å². The Kier molecular flexibility index (Phi) is 12.9. The van der Waals surface area contributed by atoms with Crippen molar-refractivity contribution in [3.8, 4) is 0 Å². The minimum Gasteiger partial charge on any atom is -0.382 e. The molecule has 5 nitrogen and oxygen atoms in total. The molecule has 1 saturated heterocycles. The molecule has 0 amide bonds. The SMILES string of the molecule is CCOCCCNC(=NC)NCC1(SC)CCOCC1.I. The van der Waals surface area contributed by atoms with Crippen molar-refractivity contribution in [2.45, 2.75) is 30.9 Å². The lowest BCUT2D eigenvalue weighted by Crippen LogP contribution is -2.48. The van der Waals surface area contributed by atoms with Crippen LogP contribution >= 0.6 is 35.7 Å². The first-order valence-corrected chi connectivity index (χ1v) is 8.64. The Morgan fingerprint density at radius 1 is 1.33 bits per heavy atom. The van der Waals surface area contributed by atoms with Crippen LogP contribution in [0.4, 0.5) is 0 Å². The lowest BCUT2D eigenvalue weighted by Gasteiger charge is -2.36. The molecule has 1 aliphatic heterocycles. The highest BCUT2D eigenvalue weighted by Crippen LogP contribution is 2.32. The van der Waals surface area contributed by atoms with Crippen molar-refractivity contribution in [3.63, 3.8) is 0 Å². The second-order valence-corrected chi connectivity index (χ2v) is 6.18. The summed E-state index contributed by atoms with van der Waals surface area (Å²) in [5, 5.41) is 6.77. The highest BCUT2D eigenvalue weighted by molar-refractivity contribution is 14.0. The summed E-state index contributed by atoms with van der Waals surface area (Å²) in [7, 11) is 1.81. The fourth-order valence-corrected chi connectivity index (χ4v) is 2.98. The molecule has 1 heterocycles. The molecule has 0 aromatic carbocycles. The van der Waals surface area contributed by atoms with Crippen LogP contribution in [0, 0.1) is 0 Å². The zero-order chi connectivity index (χ0) is 14.7. The molecule has 0 aliphatic carbocycles. The number of rotatable bonds is 8. The number of hydrogen-bond donors (Lipinski definition) is 2. The van der Waals surface area contributed by atoms with Crippen LogP contribution in [0.3, 0.4) is 0 Å². The molecule has 1 fully saturated rings. The van der Waals surface area contributed by atoms with E-state index < -0.39 is 0 Å². The van der Waals surface area contributed by atoms with Crippen LogP contribution in [0.2, 0.25) is 0 Å². The molecule has 0 unspecified atom stereocenters.